The second-order valence-corrected chi connectivity index (χ2v) is 6.28. The average molecular weight is 297 g/mol. The number of benzene rings is 1. The number of carbonyl (C=O) groups excluding carboxylic acids is 1. The summed E-state index contributed by atoms with van der Waals surface area (Å²) in [5.74, 6) is 1.60. The molecule has 5 nitrogen and oxygen atoms in total. The Morgan fingerprint density at radius 3 is 2.55 bits per heavy atom. The van der Waals surface area contributed by atoms with Crippen LogP contribution < -0.4 is 0 Å². The zero-order chi connectivity index (χ0) is 14.9. The Hall–Kier alpha value is -2.17. The van der Waals surface area contributed by atoms with Crippen LogP contribution in [0.25, 0.3) is 0 Å². The Kier molecular flexibility index (Phi) is 3.41. The highest BCUT2D eigenvalue weighted by molar-refractivity contribution is 5.80. The Bertz CT molecular complexity index is 637. The van der Waals surface area contributed by atoms with Crippen LogP contribution in [0.1, 0.15) is 42.5 Å². The number of aromatic nitrogens is 2. The molecule has 1 aromatic heterocycles. The molecule has 1 saturated carbocycles. The number of hydrogen-bond acceptors (Lipinski definition) is 4. The van der Waals surface area contributed by atoms with Crippen LogP contribution in [0.4, 0.5) is 0 Å². The highest BCUT2D eigenvalue weighted by Gasteiger charge is 2.41. The zero-order valence-electron chi connectivity index (χ0n) is 12.4. The third-order valence-corrected chi connectivity index (χ3v) is 5.02. The first kappa shape index (κ1) is 13.5. The number of hydrogen-bond donors (Lipinski definition) is 0. The van der Waals surface area contributed by atoms with E-state index in [0.717, 1.165) is 19.4 Å². The van der Waals surface area contributed by atoms with Gasteiger partial charge in [0.05, 0.1) is 0 Å². The zero-order valence-corrected chi connectivity index (χ0v) is 12.4. The highest BCUT2D eigenvalue weighted by atomic mass is 16.5. The lowest BCUT2D eigenvalue weighted by molar-refractivity contribution is -0.137. The van der Waals surface area contributed by atoms with Gasteiger partial charge in [-0.3, -0.25) is 4.79 Å². The van der Waals surface area contributed by atoms with E-state index < -0.39 is 0 Å². The van der Waals surface area contributed by atoms with Crippen molar-refractivity contribution in [3.05, 3.63) is 48.1 Å². The minimum absolute atomic E-state index is 0.116. The summed E-state index contributed by atoms with van der Waals surface area (Å²) >= 11 is 0. The maximum absolute atomic E-state index is 12.6. The van der Waals surface area contributed by atoms with Crippen molar-refractivity contribution in [1.82, 2.24) is 15.0 Å². The molecule has 2 atom stereocenters. The first-order valence-electron chi connectivity index (χ1n) is 7.93. The van der Waals surface area contributed by atoms with Gasteiger partial charge in [0.2, 0.25) is 12.3 Å². The topological polar surface area (TPSA) is 59.2 Å². The molecule has 1 aliphatic carbocycles. The molecule has 1 amide bonds. The largest absolute Gasteiger partial charge is 0.343 e. The Morgan fingerprint density at radius 2 is 1.91 bits per heavy atom. The lowest BCUT2D eigenvalue weighted by atomic mass is 9.84. The van der Waals surface area contributed by atoms with Gasteiger partial charge in [-0.2, -0.15) is 4.98 Å². The van der Waals surface area contributed by atoms with E-state index in [2.05, 4.69) is 22.3 Å². The molecular weight excluding hydrogens is 278 g/mol. The van der Waals surface area contributed by atoms with Gasteiger partial charge in [0, 0.05) is 30.8 Å². The molecule has 0 spiro atoms. The molecule has 5 heteroatoms. The Morgan fingerprint density at radius 1 is 1.14 bits per heavy atom. The van der Waals surface area contributed by atoms with Gasteiger partial charge in [0.25, 0.3) is 0 Å². The number of amides is 1. The third kappa shape index (κ3) is 2.30. The predicted octanol–water partition coefficient (Wildman–Crippen LogP) is 2.58. The van der Waals surface area contributed by atoms with Gasteiger partial charge in [-0.1, -0.05) is 41.9 Å². The SMILES string of the molecule is O=C(C1CCC1)N1C[C@@H](c2ccccc2)[C@H](c2ncon2)C1. The average Bonchev–Trinajstić information content (AvgIpc) is 3.15. The standard InChI is InChI=1S/C17H19N3O2/c21-17(13-7-4-8-13)20-9-14(12-5-2-1-3-6-12)15(10-20)16-18-11-22-19-16/h1-3,5-6,11,13-15H,4,7-10H2/t14-,15+/m0/s1. The van der Waals surface area contributed by atoms with Crippen molar-refractivity contribution in [2.45, 2.75) is 31.1 Å². The molecule has 2 aromatic rings. The molecule has 114 valence electrons. The van der Waals surface area contributed by atoms with Crippen LogP contribution in [0.3, 0.4) is 0 Å². The molecular formula is C17H19N3O2. The molecule has 2 fully saturated rings. The van der Waals surface area contributed by atoms with Crippen LogP contribution in [0.5, 0.6) is 0 Å². The van der Waals surface area contributed by atoms with E-state index in [9.17, 15) is 4.79 Å². The van der Waals surface area contributed by atoms with E-state index >= 15 is 0 Å². The van der Waals surface area contributed by atoms with Gasteiger partial charge in [0.1, 0.15) is 0 Å². The normalized spacial score (nSPS) is 25.2. The molecule has 0 N–H and O–H groups in total. The molecule has 2 heterocycles. The van der Waals surface area contributed by atoms with Crippen LogP contribution in [0, 0.1) is 5.92 Å². The van der Waals surface area contributed by atoms with E-state index in [4.69, 9.17) is 4.52 Å². The number of likely N-dealkylation sites (tertiary alicyclic amines) is 1. The van der Waals surface area contributed by atoms with Crippen molar-refractivity contribution in [2.75, 3.05) is 13.1 Å². The summed E-state index contributed by atoms with van der Waals surface area (Å²) in [7, 11) is 0. The fourth-order valence-electron chi connectivity index (χ4n) is 3.54. The van der Waals surface area contributed by atoms with E-state index in [-0.39, 0.29) is 17.8 Å². The van der Waals surface area contributed by atoms with Crippen LogP contribution in [-0.4, -0.2) is 34.0 Å². The van der Waals surface area contributed by atoms with Gasteiger partial charge in [0.15, 0.2) is 5.82 Å². The monoisotopic (exact) mass is 297 g/mol. The molecule has 0 radical (unpaired) electrons. The molecule has 2 aliphatic rings. The lowest BCUT2D eigenvalue weighted by Crippen LogP contribution is -2.37. The van der Waals surface area contributed by atoms with Crippen molar-refractivity contribution in [1.29, 1.82) is 0 Å². The molecule has 1 aromatic carbocycles. The molecule has 0 bridgehead atoms. The maximum Gasteiger partial charge on any atom is 0.225 e. The lowest BCUT2D eigenvalue weighted by Gasteiger charge is -2.29. The quantitative estimate of drug-likeness (QED) is 0.873. The van der Waals surface area contributed by atoms with Crippen molar-refractivity contribution in [3.8, 4) is 0 Å². The van der Waals surface area contributed by atoms with E-state index in [1.54, 1.807) is 0 Å². The van der Waals surface area contributed by atoms with Crippen LogP contribution in [0.15, 0.2) is 41.2 Å². The van der Waals surface area contributed by atoms with Crippen molar-refractivity contribution in [3.63, 3.8) is 0 Å². The van der Waals surface area contributed by atoms with Crippen LogP contribution in [-0.2, 0) is 4.79 Å². The molecule has 1 saturated heterocycles. The summed E-state index contributed by atoms with van der Waals surface area (Å²) in [6, 6.07) is 10.3. The summed E-state index contributed by atoms with van der Waals surface area (Å²) in [6.07, 6.45) is 4.63. The molecule has 0 unspecified atom stereocenters. The maximum atomic E-state index is 12.6. The Balaban J connectivity index is 1.61. The minimum Gasteiger partial charge on any atom is -0.343 e. The first-order valence-corrected chi connectivity index (χ1v) is 7.93. The summed E-state index contributed by atoms with van der Waals surface area (Å²) in [6.45, 7) is 1.44. The van der Waals surface area contributed by atoms with E-state index in [1.807, 2.05) is 23.1 Å². The second-order valence-electron chi connectivity index (χ2n) is 6.28. The Labute approximate surface area is 129 Å². The smallest absolute Gasteiger partial charge is 0.225 e. The predicted molar refractivity (Wildman–Crippen MR) is 80.1 cm³/mol. The number of nitrogens with zero attached hydrogens (tertiary/aromatic N) is 3. The molecule has 1 aliphatic heterocycles. The van der Waals surface area contributed by atoms with Crippen molar-refractivity contribution < 1.29 is 9.32 Å². The number of rotatable bonds is 3. The van der Waals surface area contributed by atoms with Crippen LogP contribution >= 0.6 is 0 Å². The summed E-state index contributed by atoms with van der Waals surface area (Å²) < 4.78 is 4.92. The fourth-order valence-corrected chi connectivity index (χ4v) is 3.54. The third-order valence-electron chi connectivity index (χ3n) is 5.02. The molecule has 4 rings (SSSR count). The van der Waals surface area contributed by atoms with E-state index in [1.165, 1.54) is 18.4 Å². The van der Waals surface area contributed by atoms with Gasteiger partial charge in [-0.05, 0) is 18.4 Å². The van der Waals surface area contributed by atoms with Crippen molar-refractivity contribution in [2.24, 2.45) is 5.92 Å². The second kappa shape index (κ2) is 5.55. The fraction of sp³-hybridized carbons (Fsp3) is 0.471. The first-order chi connectivity index (χ1) is 10.8. The van der Waals surface area contributed by atoms with Gasteiger partial charge < -0.3 is 9.42 Å². The van der Waals surface area contributed by atoms with Gasteiger partial charge in [-0.15, -0.1) is 0 Å². The minimum atomic E-state index is 0.116. The molecule has 22 heavy (non-hydrogen) atoms. The van der Waals surface area contributed by atoms with Crippen LogP contribution in [0.2, 0.25) is 0 Å². The summed E-state index contributed by atoms with van der Waals surface area (Å²) in [4.78, 5) is 18.8. The van der Waals surface area contributed by atoms with Crippen molar-refractivity contribution >= 4 is 5.91 Å². The van der Waals surface area contributed by atoms with Gasteiger partial charge in [-0.25, -0.2) is 0 Å². The van der Waals surface area contributed by atoms with E-state index in [0.29, 0.717) is 18.3 Å². The van der Waals surface area contributed by atoms with Gasteiger partial charge >= 0.3 is 0 Å². The summed E-state index contributed by atoms with van der Waals surface area (Å²) in [5, 5.41) is 4.02. The number of carbonyl (C=O) groups is 1. The highest BCUT2D eigenvalue weighted by Crippen LogP contribution is 2.40. The summed E-state index contributed by atoms with van der Waals surface area (Å²) in [5.41, 5.74) is 1.24.